The molecule has 0 fully saturated rings. The average Bonchev–Trinajstić information content (AvgIpc) is 3.05. The number of benzene rings is 1. The minimum absolute atomic E-state index is 0. The van der Waals surface area contributed by atoms with Crippen molar-refractivity contribution in [1.82, 2.24) is 5.16 Å². The van der Waals surface area contributed by atoms with E-state index in [4.69, 9.17) is 15.0 Å². The quantitative estimate of drug-likeness (QED) is 0.756. The van der Waals surface area contributed by atoms with Gasteiger partial charge in [-0.05, 0) is 37.1 Å². The standard InChI is InChI=1S/C17H23N3O3.ClH/c1-3-12(4-2)15-11-16(23-20-15)17(21)19-13-5-7-14(8-6-13)22-10-9-18;/h5-8,11-12H,3-4,9-10,18H2,1-2H3,(H,19,21);1H. The van der Waals surface area contributed by atoms with Crippen LogP contribution in [0.3, 0.4) is 0 Å². The number of hydrogen-bond acceptors (Lipinski definition) is 5. The molecule has 0 spiro atoms. The summed E-state index contributed by atoms with van der Waals surface area (Å²) < 4.78 is 10.5. The van der Waals surface area contributed by atoms with Crippen LogP contribution in [0.4, 0.5) is 5.69 Å². The topological polar surface area (TPSA) is 90.4 Å². The highest BCUT2D eigenvalue weighted by atomic mass is 35.5. The van der Waals surface area contributed by atoms with Crippen LogP contribution < -0.4 is 15.8 Å². The molecule has 0 atom stereocenters. The molecule has 1 heterocycles. The number of carbonyl (C=O) groups excluding carboxylic acids is 1. The van der Waals surface area contributed by atoms with Crippen LogP contribution in [0.25, 0.3) is 0 Å². The molecule has 0 aliphatic rings. The van der Waals surface area contributed by atoms with Gasteiger partial charge < -0.3 is 20.3 Å². The van der Waals surface area contributed by atoms with Crippen molar-refractivity contribution in [2.45, 2.75) is 32.6 Å². The van der Waals surface area contributed by atoms with E-state index in [0.29, 0.717) is 30.5 Å². The van der Waals surface area contributed by atoms with Crippen LogP contribution in [0.1, 0.15) is 48.9 Å². The fourth-order valence-electron chi connectivity index (χ4n) is 2.30. The van der Waals surface area contributed by atoms with Gasteiger partial charge in [-0.25, -0.2) is 0 Å². The molecule has 3 N–H and O–H groups in total. The van der Waals surface area contributed by atoms with Crippen LogP contribution in [0, 0.1) is 0 Å². The highest BCUT2D eigenvalue weighted by molar-refractivity contribution is 6.02. The molecule has 0 saturated heterocycles. The van der Waals surface area contributed by atoms with Gasteiger partial charge in [-0.15, -0.1) is 12.4 Å². The highest BCUT2D eigenvalue weighted by Crippen LogP contribution is 2.23. The van der Waals surface area contributed by atoms with Gasteiger partial charge in [-0.2, -0.15) is 0 Å². The van der Waals surface area contributed by atoms with Crippen molar-refractivity contribution in [3.8, 4) is 5.75 Å². The summed E-state index contributed by atoms with van der Waals surface area (Å²) in [5.74, 6) is 0.934. The van der Waals surface area contributed by atoms with Crippen LogP contribution in [0.2, 0.25) is 0 Å². The first-order chi connectivity index (χ1) is 11.2. The summed E-state index contributed by atoms with van der Waals surface area (Å²) in [5, 5.41) is 6.78. The van der Waals surface area contributed by atoms with E-state index in [1.807, 2.05) is 0 Å². The van der Waals surface area contributed by atoms with E-state index in [-0.39, 0.29) is 24.1 Å². The lowest BCUT2D eigenvalue weighted by Crippen LogP contribution is -2.12. The fourth-order valence-corrected chi connectivity index (χ4v) is 2.30. The monoisotopic (exact) mass is 353 g/mol. The van der Waals surface area contributed by atoms with Crippen molar-refractivity contribution in [3.05, 3.63) is 41.8 Å². The van der Waals surface area contributed by atoms with E-state index < -0.39 is 0 Å². The Morgan fingerprint density at radius 3 is 2.54 bits per heavy atom. The van der Waals surface area contributed by atoms with Crippen molar-refractivity contribution in [3.63, 3.8) is 0 Å². The molecule has 0 saturated carbocycles. The molecule has 1 aromatic heterocycles. The van der Waals surface area contributed by atoms with Gasteiger partial charge in [0.2, 0.25) is 5.76 Å². The Labute approximate surface area is 148 Å². The van der Waals surface area contributed by atoms with Gasteiger partial charge in [0.1, 0.15) is 12.4 Å². The number of nitrogens with one attached hydrogen (secondary N) is 1. The summed E-state index contributed by atoms with van der Waals surface area (Å²) in [4.78, 5) is 12.2. The molecule has 0 aliphatic carbocycles. The third-order valence-electron chi connectivity index (χ3n) is 3.65. The Hall–Kier alpha value is -2.05. The van der Waals surface area contributed by atoms with E-state index in [2.05, 4.69) is 24.3 Å². The Morgan fingerprint density at radius 2 is 1.96 bits per heavy atom. The van der Waals surface area contributed by atoms with E-state index in [0.717, 1.165) is 18.5 Å². The fraction of sp³-hybridized carbons (Fsp3) is 0.412. The first-order valence-electron chi connectivity index (χ1n) is 7.88. The number of hydrogen-bond donors (Lipinski definition) is 2. The zero-order valence-electron chi connectivity index (χ0n) is 14.0. The molecule has 0 aliphatic heterocycles. The molecule has 6 nitrogen and oxygen atoms in total. The lowest BCUT2D eigenvalue weighted by atomic mass is 9.99. The van der Waals surface area contributed by atoms with Gasteiger partial charge in [0.15, 0.2) is 0 Å². The number of amides is 1. The summed E-state index contributed by atoms with van der Waals surface area (Å²) in [5.41, 5.74) is 6.87. The smallest absolute Gasteiger partial charge is 0.294 e. The summed E-state index contributed by atoms with van der Waals surface area (Å²) in [7, 11) is 0. The Bertz CT molecular complexity index is 624. The van der Waals surface area contributed by atoms with Crippen LogP contribution >= 0.6 is 12.4 Å². The van der Waals surface area contributed by atoms with E-state index in [9.17, 15) is 4.79 Å². The Balaban J connectivity index is 0.00000288. The molecule has 0 bridgehead atoms. The summed E-state index contributed by atoms with van der Waals surface area (Å²) >= 11 is 0. The van der Waals surface area contributed by atoms with Crippen molar-refractivity contribution < 1.29 is 14.1 Å². The van der Waals surface area contributed by atoms with Gasteiger partial charge >= 0.3 is 0 Å². The molecular weight excluding hydrogens is 330 g/mol. The van der Waals surface area contributed by atoms with Gasteiger partial charge in [0, 0.05) is 24.2 Å². The van der Waals surface area contributed by atoms with Crippen molar-refractivity contribution in [2.24, 2.45) is 5.73 Å². The maximum Gasteiger partial charge on any atom is 0.294 e. The van der Waals surface area contributed by atoms with Crippen molar-refractivity contribution in [1.29, 1.82) is 0 Å². The maximum absolute atomic E-state index is 12.2. The molecule has 24 heavy (non-hydrogen) atoms. The van der Waals surface area contributed by atoms with Gasteiger partial charge in [-0.1, -0.05) is 19.0 Å². The highest BCUT2D eigenvalue weighted by Gasteiger charge is 2.17. The van der Waals surface area contributed by atoms with Gasteiger partial charge in [0.25, 0.3) is 5.91 Å². The van der Waals surface area contributed by atoms with Crippen LogP contribution in [-0.4, -0.2) is 24.2 Å². The Morgan fingerprint density at radius 1 is 1.29 bits per heavy atom. The van der Waals surface area contributed by atoms with Crippen molar-refractivity contribution >= 4 is 24.0 Å². The first-order valence-corrected chi connectivity index (χ1v) is 7.88. The molecule has 7 heteroatoms. The second-order valence-corrected chi connectivity index (χ2v) is 5.25. The number of nitrogens with zero attached hydrogens (tertiary/aromatic N) is 1. The minimum Gasteiger partial charge on any atom is -0.492 e. The molecule has 1 amide bonds. The van der Waals surface area contributed by atoms with Crippen LogP contribution in [0.5, 0.6) is 5.75 Å². The SMILES string of the molecule is CCC(CC)c1cc(C(=O)Nc2ccc(OCCN)cc2)on1.Cl. The molecule has 1 aromatic carbocycles. The largest absolute Gasteiger partial charge is 0.492 e. The molecular formula is C17H24ClN3O3. The van der Waals surface area contributed by atoms with E-state index in [1.165, 1.54) is 0 Å². The molecule has 0 radical (unpaired) electrons. The second kappa shape index (κ2) is 9.95. The van der Waals surface area contributed by atoms with Gasteiger partial charge in [0.05, 0.1) is 5.69 Å². The molecule has 2 aromatic rings. The van der Waals surface area contributed by atoms with E-state index in [1.54, 1.807) is 30.3 Å². The number of anilines is 1. The van der Waals surface area contributed by atoms with Crippen LogP contribution in [-0.2, 0) is 0 Å². The normalized spacial score (nSPS) is 10.3. The van der Waals surface area contributed by atoms with Gasteiger partial charge in [-0.3, -0.25) is 4.79 Å². The van der Waals surface area contributed by atoms with E-state index >= 15 is 0 Å². The first kappa shape index (κ1) is 20.0. The number of ether oxygens (including phenoxy) is 1. The predicted octanol–water partition coefficient (Wildman–Crippen LogP) is 3.59. The lowest BCUT2D eigenvalue weighted by molar-refractivity contribution is 0.0987. The maximum atomic E-state index is 12.2. The number of carbonyl (C=O) groups is 1. The number of nitrogens with two attached hydrogens (primary N) is 1. The third kappa shape index (κ3) is 5.25. The number of halogens is 1. The number of rotatable bonds is 8. The Kier molecular flexibility index (Phi) is 8.29. The summed E-state index contributed by atoms with van der Waals surface area (Å²) in [6, 6.07) is 8.80. The molecule has 132 valence electrons. The predicted molar refractivity (Wildman–Crippen MR) is 96.0 cm³/mol. The summed E-state index contributed by atoms with van der Waals surface area (Å²) in [6.07, 6.45) is 1.93. The molecule has 2 rings (SSSR count). The average molecular weight is 354 g/mol. The third-order valence-corrected chi connectivity index (χ3v) is 3.65. The van der Waals surface area contributed by atoms with Crippen molar-refractivity contribution in [2.75, 3.05) is 18.5 Å². The second-order valence-electron chi connectivity index (χ2n) is 5.25. The zero-order valence-corrected chi connectivity index (χ0v) is 14.8. The van der Waals surface area contributed by atoms with Crippen LogP contribution in [0.15, 0.2) is 34.9 Å². The lowest BCUT2D eigenvalue weighted by Gasteiger charge is -2.06. The minimum atomic E-state index is -0.315. The molecule has 0 unspecified atom stereocenters. The zero-order chi connectivity index (χ0) is 16.7. The number of aromatic nitrogens is 1. The summed E-state index contributed by atoms with van der Waals surface area (Å²) in [6.45, 7) is 5.11.